The van der Waals surface area contributed by atoms with Crippen molar-refractivity contribution in [2.24, 2.45) is 0 Å². The number of aliphatic hydroxyl groups is 1. The van der Waals surface area contributed by atoms with E-state index in [1.807, 2.05) is 30.3 Å². The fourth-order valence-corrected chi connectivity index (χ4v) is 4.20. The molecule has 1 saturated heterocycles. The van der Waals surface area contributed by atoms with Crippen LogP contribution in [0.2, 0.25) is 0 Å². The highest BCUT2D eigenvalue weighted by molar-refractivity contribution is 5.89. The van der Waals surface area contributed by atoms with Gasteiger partial charge in [-0.1, -0.05) is 24.3 Å². The van der Waals surface area contributed by atoms with Crippen molar-refractivity contribution in [2.75, 3.05) is 59.6 Å². The van der Waals surface area contributed by atoms with Crippen molar-refractivity contribution in [3.8, 4) is 17.2 Å². The van der Waals surface area contributed by atoms with Crippen LogP contribution in [0.4, 0.5) is 0 Å². The number of nitrogens with zero attached hydrogens (tertiary/aromatic N) is 2. The number of hydrogen-bond donors (Lipinski definition) is 2. The Labute approximate surface area is 196 Å². The largest absolute Gasteiger partial charge is 0.508 e. The van der Waals surface area contributed by atoms with Crippen molar-refractivity contribution < 1.29 is 19.7 Å². The molecular weight excluding hydrogens is 416 g/mol. The van der Waals surface area contributed by atoms with E-state index < -0.39 is 0 Å². The minimum Gasteiger partial charge on any atom is -0.508 e. The summed E-state index contributed by atoms with van der Waals surface area (Å²) < 4.78 is 12.0. The van der Waals surface area contributed by atoms with Gasteiger partial charge in [-0.2, -0.15) is 0 Å². The zero-order valence-electron chi connectivity index (χ0n) is 19.4. The number of ether oxygens (including phenoxy) is 2. The van der Waals surface area contributed by atoms with Gasteiger partial charge in [0.1, 0.15) is 23.9 Å². The molecule has 0 saturated carbocycles. The molecule has 0 aromatic heterocycles. The third kappa shape index (κ3) is 6.38. The first-order chi connectivity index (χ1) is 16.1. The SMILES string of the molecule is CN1CCN(CCOc2ccc(Cc3c(OCCCO)ccc4cc(O)ccc34)cc2)CC1. The number of phenols is 1. The highest BCUT2D eigenvalue weighted by Gasteiger charge is 2.14. The van der Waals surface area contributed by atoms with Crippen molar-refractivity contribution in [1.82, 2.24) is 9.80 Å². The van der Waals surface area contributed by atoms with Gasteiger partial charge in [0.05, 0.1) is 6.61 Å². The van der Waals surface area contributed by atoms with Crippen molar-refractivity contribution in [3.63, 3.8) is 0 Å². The van der Waals surface area contributed by atoms with Gasteiger partial charge in [-0.15, -0.1) is 0 Å². The van der Waals surface area contributed by atoms with Gasteiger partial charge in [0.2, 0.25) is 0 Å². The number of phenolic OH excluding ortho intramolecular Hbond substituents is 1. The molecule has 0 bridgehead atoms. The number of aromatic hydroxyl groups is 1. The summed E-state index contributed by atoms with van der Waals surface area (Å²) in [5, 5.41) is 21.0. The Kier molecular flexibility index (Phi) is 8.05. The molecule has 1 fully saturated rings. The molecule has 0 spiro atoms. The molecule has 3 aromatic carbocycles. The molecule has 176 valence electrons. The predicted molar refractivity (Wildman–Crippen MR) is 131 cm³/mol. The summed E-state index contributed by atoms with van der Waals surface area (Å²) in [5.74, 6) is 1.95. The first-order valence-corrected chi connectivity index (χ1v) is 11.7. The molecule has 1 aliphatic heterocycles. The summed E-state index contributed by atoms with van der Waals surface area (Å²) in [6.07, 6.45) is 1.30. The smallest absolute Gasteiger partial charge is 0.123 e. The second-order valence-electron chi connectivity index (χ2n) is 8.69. The summed E-state index contributed by atoms with van der Waals surface area (Å²) in [7, 11) is 2.17. The molecule has 1 aliphatic rings. The summed E-state index contributed by atoms with van der Waals surface area (Å²) in [6.45, 7) is 6.66. The molecule has 0 unspecified atom stereocenters. The number of rotatable bonds is 10. The summed E-state index contributed by atoms with van der Waals surface area (Å²) in [6, 6.07) is 17.6. The molecule has 0 atom stereocenters. The van der Waals surface area contributed by atoms with Gasteiger partial charge in [0, 0.05) is 57.7 Å². The summed E-state index contributed by atoms with van der Waals surface area (Å²) >= 11 is 0. The van der Waals surface area contributed by atoms with Crippen LogP contribution in [0.5, 0.6) is 17.2 Å². The van der Waals surface area contributed by atoms with Gasteiger partial charge < -0.3 is 24.6 Å². The number of likely N-dealkylation sites (N-methyl/N-ethyl adjacent to an activating group) is 1. The molecule has 0 radical (unpaired) electrons. The quantitative estimate of drug-likeness (QED) is 0.461. The Bertz CT molecular complexity index is 1030. The zero-order valence-corrected chi connectivity index (χ0v) is 19.4. The standard InChI is InChI=1S/C27H34N2O4/c1-28-11-13-29(14-12-28)15-18-32-24-7-3-21(4-8-24)19-26-25-9-6-23(31)20-22(25)5-10-27(26)33-17-2-16-30/h3-10,20,30-31H,2,11-19H2,1H3. The maximum atomic E-state index is 9.87. The Morgan fingerprint density at radius 3 is 2.42 bits per heavy atom. The molecule has 2 N–H and O–H groups in total. The molecule has 33 heavy (non-hydrogen) atoms. The molecule has 3 aromatic rings. The van der Waals surface area contributed by atoms with Crippen LogP contribution in [0.1, 0.15) is 17.5 Å². The lowest BCUT2D eigenvalue weighted by atomic mass is 9.97. The maximum absolute atomic E-state index is 9.87. The molecule has 0 aliphatic carbocycles. The van der Waals surface area contributed by atoms with Gasteiger partial charge >= 0.3 is 0 Å². The Hall–Kier alpha value is -2.80. The lowest BCUT2D eigenvalue weighted by molar-refractivity contribution is 0.134. The second-order valence-corrected chi connectivity index (χ2v) is 8.69. The van der Waals surface area contributed by atoms with Gasteiger partial charge in [-0.25, -0.2) is 0 Å². The van der Waals surface area contributed by atoms with E-state index in [9.17, 15) is 5.11 Å². The number of hydrogen-bond acceptors (Lipinski definition) is 6. The van der Waals surface area contributed by atoms with E-state index in [-0.39, 0.29) is 12.4 Å². The third-order valence-electron chi connectivity index (χ3n) is 6.21. The van der Waals surface area contributed by atoms with Crippen LogP contribution in [0.25, 0.3) is 10.8 Å². The highest BCUT2D eigenvalue weighted by Crippen LogP contribution is 2.32. The average molecular weight is 451 g/mol. The number of benzene rings is 3. The monoisotopic (exact) mass is 450 g/mol. The van der Waals surface area contributed by atoms with Gasteiger partial charge in [0.25, 0.3) is 0 Å². The molecule has 6 nitrogen and oxygen atoms in total. The van der Waals surface area contributed by atoms with Crippen LogP contribution in [0, 0.1) is 0 Å². The van der Waals surface area contributed by atoms with E-state index in [1.54, 1.807) is 12.1 Å². The molecule has 0 amide bonds. The first kappa shape index (κ1) is 23.4. The van der Waals surface area contributed by atoms with Crippen molar-refractivity contribution in [2.45, 2.75) is 12.8 Å². The predicted octanol–water partition coefficient (Wildman–Crippen LogP) is 3.52. The number of aliphatic hydroxyl groups excluding tert-OH is 1. The lowest BCUT2D eigenvalue weighted by Crippen LogP contribution is -2.45. The Balaban J connectivity index is 1.42. The zero-order chi connectivity index (χ0) is 23.0. The van der Waals surface area contributed by atoms with Gasteiger partial charge in [0.15, 0.2) is 0 Å². The fraction of sp³-hybridized carbons (Fsp3) is 0.407. The van der Waals surface area contributed by atoms with E-state index in [4.69, 9.17) is 14.6 Å². The molecule has 1 heterocycles. The van der Waals surface area contributed by atoms with E-state index in [0.717, 1.165) is 66.1 Å². The van der Waals surface area contributed by atoms with E-state index in [0.29, 0.717) is 26.1 Å². The summed E-state index contributed by atoms with van der Waals surface area (Å²) in [5.41, 5.74) is 2.24. The van der Waals surface area contributed by atoms with E-state index >= 15 is 0 Å². The lowest BCUT2D eigenvalue weighted by Gasteiger charge is -2.32. The van der Waals surface area contributed by atoms with Crippen LogP contribution >= 0.6 is 0 Å². The van der Waals surface area contributed by atoms with Crippen LogP contribution < -0.4 is 9.47 Å². The van der Waals surface area contributed by atoms with Crippen LogP contribution in [-0.4, -0.2) is 79.6 Å². The average Bonchev–Trinajstić information content (AvgIpc) is 2.82. The van der Waals surface area contributed by atoms with E-state index in [1.165, 1.54) is 0 Å². The van der Waals surface area contributed by atoms with Crippen LogP contribution in [0.3, 0.4) is 0 Å². The van der Waals surface area contributed by atoms with Crippen LogP contribution in [0.15, 0.2) is 54.6 Å². The van der Waals surface area contributed by atoms with Gasteiger partial charge in [-0.05, 0) is 53.7 Å². The number of piperazine rings is 1. The molecule has 4 rings (SSSR count). The fourth-order valence-electron chi connectivity index (χ4n) is 4.20. The second kappa shape index (κ2) is 11.4. The highest BCUT2D eigenvalue weighted by atomic mass is 16.5. The summed E-state index contributed by atoms with van der Waals surface area (Å²) in [4.78, 5) is 4.81. The van der Waals surface area contributed by atoms with Crippen LogP contribution in [-0.2, 0) is 6.42 Å². The van der Waals surface area contributed by atoms with E-state index in [2.05, 4.69) is 29.0 Å². The molecular formula is C27H34N2O4. The first-order valence-electron chi connectivity index (χ1n) is 11.7. The van der Waals surface area contributed by atoms with Crippen molar-refractivity contribution in [3.05, 3.63) is 65.7 Å². The Morgan fingerprint density at radius 1 is 0.879 bits per heavy atom. The van der Waals surface area contributed by atoms with Crippen molar-refractivity contribution >= 4 is 10.8 Å². The van der Waals surface area contributed by atoms with Gasteiger partial charge in [-0.3, -0.25) is 4.90 Å². The molecule has 6 heteroatoms. The minimum atomic E-state index is 0.104. The number of fused-ring (bicyclic) bond motifs is 1. The minimum absolute atomic E-state index is 0.104. The topological polar surface area (TPSA) is 65.4 Å². The third-order valence-corrected chi connectivity index (χ3v) is 6.21. The maximum Gasteiger partial charge on any atom is 0.123 e. The normalized spacial score (nSPS) is 15.1. The Morgan fingerprint density at radius 2 is 1.67 bits per heavy atom. The van der Waals surface area contributed by atoms with Crippen molar-refractivity contribution in [1.29, 1.82) is 0 Å².